The van der Waals surface area contributed by atoms with Gasteiger partial charge in [0.15, 0.2) is 0 Å². The van der Waals surface area contributed by atoms with Gasteiger partial charge in [-0.05, 0) is 35.2 Å². The van der Waals surface area contributed by atoms with Gasteiger partial charge in [-0.2, -0.15) is 0 Å². The molecule has 0 atom stereocenters. The molecule has 1 aromatic heterocycles. The Morgan fingerprint density at radius 3 is 2.76 bits per heavy atom. The Morgan fingerprint density at radius 2 is 2.06 bits per heavy atom. The summed E-state index contributed by atoms with van der Waals surface area (Å²) in [6, 6.07) is 1.94. The zero-order valence-electron chi connectivity index (χ0n) is 10.4. The molecule has 0 aromatic carbocycles. The van der Waals surface area contributed by atoms with Gasteiger partial charge in [0.2, 0.25) is 0 Å². The average molecular weight is 298 g/mol. The molecule has 1 aliphatic rings. The molecule has 0 spiro atoms. The molecule has 0 amide bonds. The minimum atomic E-state index is 0.805. The average Bonchev–Trinajstić information content (AvgIpc) is 2.29. The van der Waals surface area contributed by atoms with Crippen LogP contribution in [0.2, 0.25) is 0 Å². The Kier molecular flexibility index (Phi) is 4.77. The van der Waals surface area contributed by atoms with E-state index in [1.165, 1.54) is 38.5 Å². The van der Waals surface area contributed by atoms with Crippen LogP contribution in [-0.2, 0) is 0 Å². The standard InChI is InChI=1S/C13H20BrN3/c1-10-16-12(14)9-13(17-10)15-8-7-11-5-3-2-4-6-11/h9,11H,2-8H2,1H3,(H,15,16,17). The fourth-order valence-corrected chi connectivity index (χ4v) is 2.98. The van der Waals surface area contributed by atoms with E-state index in [1.807, 2.05) is 13.0 Å². The lowest BCUT2D eigenvalue weighted by atomic mass is 9.87. The second kappa shape index (κ2) is 6.34. The van der Waals surface area contributed by atoms with Crippen molar-refractivity contribution in [2.24, 2.45) is 5.92 Å². The van der Waals surface area contributed by atoms with Crippen LogP contribution in [0.3, 0.4) is 0 Å². The van der Waals surface area contributed by atoms with E-state index in [-0.39, 0.29) is 0 Å². The van der Waals surface area contributed by atoms with Gasteiger partial charge in [0, 0.05) is 12.6 Å². The zero-order valence-corrected chi connectivity index (χ0v) is 12.0. The number of hydrogen-bond acceptors (Lipinski definition) is 3. The first kappa shape index (κ1) is 12.8. The summed E-state index contributed by atoms with van der Waals surface area (Å²) in [6.07, 6.45) is 8.36. The lowest BCUT2D eigenvalue weighted by molar-refractivity contribution is 0.345. The van der Waals surface area contributed by atoms with E-state index in [4.69, 9.17) is 0 Å². The molecule has 4 heteroatoms. The topological polar surface area (TPSA) is 37.8 Å². The summed E-state index contributed by atoms with van der Waals surface area (Å²) in [6.45, 7) is 2.94. The Morgan fingerprint density at radius 1 is 1.29 bits per heavy atom. The second-order valence-corrected chi connectivity index (χ2v) is 5.66. The third kappa shape index (κ3) is 4.26. The highest BCUT2D eigenvalue weighted by atomic mass is 79.9. The summed E-state index contributed by atoms with van der Waals surface area (Å²) < 4.78 is 0.852. The Hall–Kier alpha value is -0.640. The molecule has 0 aliphatic heterocycles. The molecule has 0 radical (unpaired) electrons. The zero-order chi connectivity index (χ0) is 12.1. The Bertz CT molecular complexity index is 341. The quantitative estimate of drug-likeness (QED) is 0.856. The first-order valence-corrected chi connectivity index (χ1v) is 7.28. The van der Waals surface area contributed by atoms with Crippen molar-refractivity contribution in [2.45, 2.75) is 45.4 Å². The number of nitrogens with one attached hydrogen (secondary N) is 1. The van der Waals surface area contributed by atoms with Gasteiger partial charge in [-0.3, -0.25) is 0 Å². The first-order chi connectivity index (χ1) is 8.24. The summed E-state index contributed by atoms with van der Waals surface area (Å²) >= 11 is 3.39. The van der Waals surface area contributed by atoms with E-state index < -0.39 is 0 Å². The molecule has 1 N–H and O–H groups in total. The molecule has 1 fully saturated rings. The van der Waals surface area contributed by atoms with E-state index in [9.17, 15) is 0 Å². The summed E-state index contributed by atoms with van der Waals surface area (Å²) in [4.78, 5) is 8.56. The summed E-state index contributed by atoms with van der Waals surface area (Å²) in [7, 11) is 0. The van der Waals surface area contributed by atoms with E-state index in [2.05, 4.69) is 31.2 Å². The molecule has 3 nitrogen and oxygen atoms in total. The van der Waals surface area contributed by atoms with Crippen molar-refractivity contribution < 1.29 is 0 Å². The number of hydrogen-bond donors (Lipinski definition) is 1. The molecular formula is C13H20BrN3. The number of nitrogens with zero attached hydrogens (tertiary/aromatic N) is 2. The lowest BCUT2D eigenvalue weighted by Crippen LogP contribution is -2.13. The molecule has 1 aliphatic carbocycles. The lowest BCUT2D eigenvalue weighted by Gasteiger charge is -2.21. The Labute approximate surface area is 112 Å². The number of aryl methyl sites for hydroxylation is 1. The van der Waals surface area contributed by atoms with Crippen LogP contribution >= 0.6 is 15.9 Å². The van der Waals surface area contributed by atoms with Crippen LogP contribution in [0.4, 0.5) is 5.82 Å². The summed E-state index contributed by atoms with van der Waals surface area (Å²) in [5.41, 5.74) is 0. The highest BCUT2D eigenvalue weighted by Gasteiger charge is 2.12. The number of halogens is 1. The summed E-state index contributed by atoms with van der Waals surface area (Å²) in [5, 5.41) is 3.39. The Balaban J connectivity index is 1.77. The smallest absolute Gasteiger partial charge is 0.130 e. The van der Waals surface area contributed by atoms with Gasteiger partial charge in [-0.15, -0.1) is 0 Å². The normalized spacial score (nSPS) is 17.1. The minimum Gasteiger partial charge on any atom is -0.370 e. The highest BCUT2D eigenvalue weighted by molar-refractivity contribution is 9.10. The van der Waals surface area contributed by atoms with Crippen LogP contribution in [-0.4, -0.2) is 16.5 Å². The highest BCUT2D eigenvalue weighted by Crippen LogP contribution is 2.26. The molecule has 1 saturated carbocycles. The van der Waals surface area contributed by atoms with Gasteiger partial charge < -0.3 is 5.32 Å². The number of anilines is 1. The fourth-order valence-electron chi connectivity index (χ4n) is 2.50. The van der Waals surface area contributed by atoms with Gasteiger partial charge in [-0.1, -0.05) is 32.1 Å². The maximum absolute atomic E-state index is 4.36. The molecule has 2 rings (SSSR count). The fraction of sp³-hybridized carbons (Fsp3) is 0.692. The van der Waals surface area contributed by atoms with Crippen LogP contribution in [0, 0.1) is 12.8 Å². The monoisotopic (exact) mass is 297 g/mol. The molecule has 94 valence electrons. The van der Waals surface area contributed by atoms with Crippen molar-refractivity contribution in [3.63, 3.8) is 0 Å². The minimum absolute atomic E-state index is 0.805. The van der Waals surface area contributed by atoms with Gasteiger partial charge in [-0.25, -0.2) is 9.97 Å². The van der Waals surface area contributed by atoms with Crippen LogP contribution in [0.5, 0.6) is 0 Å². The first-order valence-electron chi connectivity index (χ1n) is 6.49. The van der Waals surface area contributed by atoms with E-state index in [0.29, 0.717) is 0 Å². The van der Waals surface area contributed by atoms with Gasteiger partial charge in [0.25, 0.3) is 0 Å². The maximum atomic E-state index is 4.36. The number of rotatable bonds is 4. The van der Waals surface area contributed by atoms with Crippen LogP contribution in [0.1, 0.15) is 44.3 Å². The number of aromatic nitrogens is 2. The largest absolute Gasteiger partial charge is 0.370 e. The van der Waals surface area contributed by atoms with Gasteiger partial charge >= 0.3 is 0 Å². The summed E-state index contributed by atoms with van der Waals surface area (Å²) in [5.74, 6) is 2.65. The van der Waals surface area contributed by atoms with E-state index >= 15 is 0 Å². The SMILES string of the molecule is Cc1nc(Br)cc(NCCC2CCCCC2)n1. The molecule has 1 aromatic rings. The van der Waals surface area contributed by atoms with E-state index in [0.717, 1.165) is 28.7 Å². The second-order valence-electron chi connectivity index (χ2n) is 4.84. The van der Waals surface area contributed by atoms with Crippen molar-refractivity contribution in [3.05, 3.63) is 16.5 Å². The maximum Gasteiger partial charge on any atom is 0.130 e. The van der Waals surface area contributed by atoms with Gasteiger partial charge in [0.1, 0.15) is 16.2 Å². The van der Waals surface area contributed by atoms with Crippen molar-refractivity contribution in [1.29, 1.82) is 0 Å². The van der Waals surface area contributed by atoms with Crippen molar-refractivity contribution in [2.75, 3.05) is 11.9 Å². The third-order valence-electron chi connectivity index (χ3n) is 3.39. The predicted molar refractivity (Wildman–Crippen MR) is 74.2 cm³/mol. The third-order valence-corrected chi connectivity index (χ3v) is 3.80. The van der Waals surface area contributed by atoms with Gasteiger partial charge in [0.05, 0.1) is 0 Å². The molecule has 0 bridgehead atoms. The molecular weight excluding hydrogens is 278 g/mol. The van der Waals surface area contributed by atoms with Crippen LogP contribution in [0.15, 0.2) is 10.7 Å². The molecule has 0 unspecified atom stereocenters. The van der Waals surface area contributed by atoms with E-state index in [1.54, 1.807) is 0 Å². The molecule has 17 heavy (non-hydrogen) atoms. The van der Waals surface area contributed by atoms with Crippen molar-refractivity contribution in [3.8, 4) is 0 Å². The molecule has 1 heterocycles. The van der Waals surface area contributed by atoms with Crippen molar-refractivity contribution in [1.82, 2.24) is 9.97 Å². The predicted octanol–water partition coefficient (Wildman–Crippen LogP) is 3.93. The molecule has 0 saturated heterocycles. The van der Waals surface area contributed by atoms with Crippen molar-refractivity contribution >= 4 is 21.7 Å². The van der Waals surface area contributed by atoms with Crippen LogP contribution in [0.25, 0.3) is 0 Å². The van der Waals surface area contributed by atoms with Crippen LogP contribution < -0.4 is 5.32 Å².